The van der Waals surface area contributed by atoms with E-state index in [2.05, 4.69) is 53.0 Å². The normalized spacial score (nSPS) is 16.9. The van der Waals surface area contributed by atoms with Crippen LogP contribution in [0.15, 0.2) is 18.3 Å². The molecule has 0 atom stereocenters. The van der Waals surface area contributed by atoms with Crippen LogP contribution in [-0.2, 0) is 6.54 Å². The van der Waals surface area contributed by atoms with Gasteiger partial charge in [-0.1, -0.05) is 6.92 Å². The lowest BCUT2D eigenvalue weighted by molar-refractivity contribution is 0.209. The highest BCUT2D eigenvalue weighted by Crippen LogP contribution is 2.17. The summed E-state index contributed by atoms with van der Waals surface area (Å²) in [7, 11) is 0. The Bertz CT molecular complexity index is 397. The Morgan fingerprint density at radius 3 is 2.65 bits per heavy atom. The zero-order valence-corrected chi connectivity index (χ0v) is 13.1. The van der Waals surface area contributed by atoms with Crippen LogP contribution in [0.25, 0.3) is 0 Å². The van der Waals surface area contributed by atoms with E-state index in [-0.39, 0.29) is 0 Å². The summed E-state index contributed by atoms with van der Waals surface area (Å²) in [6.07, 6.45) is 3.10. The van der Waals surface area contributed by atoms with Gasteiger partial charge in [-0.2, -0.15) is 0 Å². The maximum atomic E-state index is 4.45. The molecule has 4 nitrogen and oxygen atoms in total. The Labute approximate surface area is 123 Å². The van der Waals surface area contributed by atoms with E-state index in [1.165, 1.54) is 5.69 Å². The van der Waals surface area contributed by atoms with Crippen LogP contribution >= 0.6 is 0 Å². The van der Waals surface area contributed by atoms with Crippen LogP contribution in [0.1, 0.15) is 32.9 Å². The molecule has 20 heavy (non-hydrogen) atoms. The van der Waals surface area contributed by atoms with Gasteiger partial charge < -0.3 is 10.2 Å². The Hall–Kier alpha value is -1.13. The number of anilines is 1. The van der Waals surface area contributed by atoms with Gasteiger partial charge in [0.1, 0.15) is 0 Å². The Morgan fingerprint density at radius 1 is 1.25 bits per heavy atom. The number of hydrogen-bond acceptors (Lipinski definition) is 4. The number of nitrogens with zero attached hydrogens (tertiary/aromatic N) is 3. The number of hydrogen-bond donors (Lipinski definition) is 1. The Morgan fingerprint density at radius 2 is 2.00 bits per heavy atom. The number of aromatic nitrogens is 1. The Kier molecular flexibility index (Phi) is 5.80. The molecule has 0 bridgehead atoms. The summed E-state index contributed by atoms with van der Waals surface area (Å²) in [5, 5.41) is 3.41. The van der Waals surface area contributed by atoms with E-state index in [4.69, 9.17) is 0 Å². The monoisotopic (exact) mass is 276 g/mol. The van der Waals surface area contributed by atoms with Crippen molar-refractivity contribution in [2.45, 2.75) is 39.8 Å². The highest BCUT2D eigenvalue weighted by Gasteiger charge is 2.19. The number of nitrogens with one attached hydrogen (secondary N) is 1. The summed E-state index contributed by atoms with van der Waals surface area (Å²) >= 11 is 0. The van der Waals surface area contributed by atoms with Gasteiger partial charge in [0.15, 0.2) is 0 Å². The van der Waals surface area contributed by atoms with E-state index in [1.54, 1.807) is 0 Å². The molecule has 0 radical (unpaired) electrons. The summed E-state index contributed by atoms with van der Waals surface area (Å²) in [6, 6.07) is 5.02. The van der Waals surface area contributed by atoms with Crippen molar-refractivity contribution in [1.29, 1.82) is 0 Å². The van der Waals surface area contributed by atoms with Crippen molar-refractivity contribution in [2.24, 2.45) is 0 Å². The van der Waals surface area contributed by atoms with Gasteiger partial charge in [-0.15, -0.1) is 0 Å². The van der Waals surface area contributed by atoms with Crippen LogP contribution < -0.4 is 10.2 Å². The van der Waals surface area contributed by atoms with Gasteiger partial charge >= 0.3 is 0 Å². The number of pyridine rings is 1. The summed E-state index contributed by atoms with van der Waals surface area (Å²) in [5.74, 6) is 0. The minimum Gasteiger partial charge on any atom is -0.369 e. The predicted molar refractivity (Wildman–Crippen MR) is 85.2 cm³/mol. The molecular weight excluding hydrogens is 248 g/mol. The first kappa shape index (κ1) is 15.3. The van der Waals surface area contributed by atoms with Crippen LogP contribution in [0, 0.1) is 0 Å². The van der Waals surface area contributed by atoms with E-state index in [0.717, 1.165) is 51.4 Å². The molecule has 0 amide bonds. The van der Waals surface area contributed by atoms with Gasteiger partial charge in [0.05, 0.1) is 5.69 Å². The van der Waals surface area contributed by atoms with Crippen LogP contribution in [-0.4, -0.2) is 48.6 Å². The summed E-state index contributed by atoms with van der Waals surface area (Å²) in [5.41, 5.74) is 2.46. The molecule has 0 saturated carbocycles. The lowest BCUT2D eigenvalue weighted by Gasteiger charge is -2.38. The van der Waals surface area contributed by atoms with Crippen molar-refractivity contribution in [3.8, 4) is 0 Å². The highest BCUT2D eigenvalue weighted by molar-refractivity contribution is 5.47. The van der Waals surface area contributed by atoms with Gasteiger partial charge in [0.25, 0.3) is 0 Å². The molecule has 1 aliphatic heterocycles. The fourth-order valence-electron chi connectivity index (χ4n) is 2.65. The molecule has 4 heteroatoms. The molecule has 2 heterocycles. The third kappa shape index (κ3) is 4.18. The topological polar surface area (TPSA) is 31.4 Å². The van der Waals surface area contributed by atoms with E-state index in [0.29, 0.717) is 6.04 Å². The van der Waals surface area contributed by atoms with Crippen molar-refractivity contribution in [3.63, 3.8) is 0 Å². The lowest BCUT2D eigenvalue weighted by atomic mass is 10.2. The molecule has 1 N–H and O–H groups in total. The van der Waals surface area contributed by atoms with Gasteiger partial charge in [-0.05, 0) is 38.9 Å². The quantitative estimate of drug-likeness (QED) is 0.806. The first-order valence-corrected chi connectivity index (χ1v) is 7.85. The second kappa shape index (κ2) is 7.60. The minimum atomic E-state index is 0.656. The molecule has 0 aromatic carbocycles. The maximum Gasteiger partial charge on any atom is 0.0562 e. The van der Waals surface area contributed by atoms with Crippen molar-refractivity contribution < 1.29 is 0 Å². The highest BCUT2D eigenvalue weighted by atomic mass is 15.3. The second-order valence-electron chi connectivity index (χ2n) is 5.80. The van der Waals surface area contributed by atoms with E-state index < -0.39 is 0 Å². The molecule has 0 aliphatic carbocycles. The van der Waals surface area contributed by atoms with Gasteiger partial charge in [0, 0.05) is 50.6 Å². The number of piperazine rings is 1. The lowest BCUT2D eigenvalue weighted by Crippen LogP contribution is -2.48. The fourth-order valence-corrected chi connectivity index (χ4v) is 2.65. The molecule has 1 aliphatic rings. The van der Waals surface area contributed by atoms with Crippen LogP contribution in [0.3, 0.4) is 0 Å². The molecule has 1 fully saturated rings. The van der Waals surface area contributed by atoms with Crippen LogP contribution in [0.2, 0.25) is 0 Å². The van der Waals surface area contributed by atoms with Crippen molar-refractivity contribution in [1.82, 2.24) is 15.2 Å². The molecule has 0 unspecified atom stereocenters. The summed E-state index contributed by atoms with van der Waals surface area (Å²) < 4.78 is 0. The largest absolute Gasteiger partial charge is 0.369 e. The minimum absolute atomic E-state index is 0.656. The van der Waals surface area contributed by atoms with Gasteiger partial charge in [0.2, 0.25) is 0 Å². The molecule has 112 valence electrons. The molecule has 1 saturated heterocycles. The first-order chi connectivity index (χ1) is 9.70. The standard InChI is InChI=1S/C16H28N4/c1-4-6-17-13-15-12-16(5-7-18-15)20-10-8-19(9-11-20)14(2)3/h5,7,12,14,17H,4,6,8-11,13H2,1-3H3. The number of rotatable bonds is 6. The third-order valence-corrected chi connectivity index (χ3v) is 3.94. The summed E-state index contributed by atoms with van der Waals surface area (Å²) in [6.45, 7) is 13.2. The zero-order chi connectivity index (χ0) is 14.4. The van der Waals surface area contributed by atoms with Crippen molar-refractivity contribution >= 4 is 5.69 Å². The van der Waals surface area contributed by atoms with Crippen molar-refractivity contribution in [3.05, 3.63) is 24.0 Å². The van der Waals surface area contributed by atoms with Crippen LogP contribution in [0.4, 0.5) is 5.69 Å². The molecule has 0 spiro atoms. The average Bonchev–Trinajstić information content (AvgIpc) is 2.48. The van der Waals surface area contributed by atoms with Gasteiger partial charge in [-0.3, -0.25) is 9.88 Å². The second-order valence-corrected chi connectivity index (χ2v) is 5.80. The van der Waals surface area contributed by atoms with E-state index in [1.807, 2.05) is 6.20 Å². The molecule has 1 aromatic heterocycles. The summed E-state index contributed by atoms with van der Waals surface area (Å²) in [4.78, 5) is 9.47. The first-order valence-electron chi connectivity index (χ1n) is 7.85. The smallest absolute Gasteiger partial charge is 0.0562 e. The maximum absolute atomic E-state index is 4.45. The fraction of sp³-hybridized carbons (Fsp3) is 0.688. The SMILES string of the molecule is CCCNCc1cc(N2CCN(C(C)C)CC2)ccn1. The average molecular weight is 276 g/mol. The van der Waals surface area contributed by atoms with Crippen LogP contribution in [0.5, 0.6) is 0 Å². The molecule has 1 aromatic rings. The van der Waals surface area contributed by atoms with E-state index >= 15 is 0 Å². The van der Waals surface area contributed by atoms with Gasteiger partial charge in [-0.25, -0.2) is 0 Å². The molecule has 2 rings (SSSR count). The van der Waals surface area contributed by atoms with Crippen molar-refractivity contribution in [2.75, 3.05) is 37.6 Å². The predicted octanol–water partition coefficient (Wildman–Crippen LogP) is 2.11. The zero-order valence-electron chi connectivity index (χ0n) is 13.1. The Balaban J connectivity index is 1.91. The van der Waals surface area contributed by atoms with E-state index in [9.17, 15) is 0 Å². The third-order valence-electron chi connectivity index (χ3n) is 3.94. The molecular formula is C16H28N4.